The van der Waals surface area contributed by atoms with E-state index in [1.54, 1.807) is 0 Å². The van der Waals surface area contributed by atoms with E-state index in [-0.39, 0.29) is 17.7 Å². The highest BCUT2D eigenvalue weighted by Gasteiger charge is 2.38. The Hall–Kier alpha value is -2.63. The van der Waals surface area contributed by atoms with Gasteiger partial charge in [-0.3, -0.25) is 9.59 Å². The Bertz CT molecular complexity index is 874. The number of benzene rings is 1. The van der Waals surface area contributed by atoms with Gasteiger partial charge in [0.1, 0.15) is 5.82 Å². The van der Waals surface area contributed by atoms with Crippen LogP contribution >= 0.6 is 0 Å². The van der Waals surface area contributed by atoms with E-state index in [9.17, 15) is 9.59 Å². The summed E-state index contributed by atoms with van der Waals surface area (Å²) < 4.78 is 0. The highest BCUT2D eigenvalue weighted by atomic mass is 16.2. The fraction of sp³-hybridized carbons (Fsp3) is 0.476. The number of carbonyl (C=O) groups excluding carboxylic acids is 2. The molecule has 1 N–H and O–H groups in total. The van der Waals surface area contributed by atoms with Crippen molar-refractivity contribution < 1.29 is 9.59 Å². The van der Waals surface area contributed by atoms with Crippen LogP contribution in [0.3, 0.4) is 0 Å². The summed E-state index contributed by atoms with van der Waals surface area (Å²) in [7, 11) is 3.92. The molecule has 1 aromatic carbocycles. The van der Waals surface area contributed by atoms with Gasteiger partial charge in [0.25, 0.3) is 0 Å². The van der Waals surface area contributed by atoms with E-state index in [4.69, 9.17) is 0 Å². The first-order valence-electron chi connectivity index (χ1n) is 9.70. The van der Waals surface area contributed by atoms with Gasteiger partial charge < -0.3 is 15.1 Å². The molecular formula is C21H26N4O2. The molecule has 1 saturated carbocycles. The maximum Gasteiger partial charge on any atom is 0.229 e. The van der Waals surface area contributed by atoms with E-state index >= 15 is 0 Å². The number of fused-ring (bicyclic) bond motifs is 1. The van der Waals surface area contributed by atoms with Crippen molar-refractivity contribution in [3.8, 4) is 0 Å². The third-order valence-corrected chi connectivity index (χ3v) is 5.69. The van der Waals surface area contributed by atoms with Gasteiger partial charge >= 0.3 is 0 Å². The molecule has 1 aliphatic carbocycles. The average molecular weight is 366 g/mol. The molecule has 1 atom stereocenters. The number of rotatable bonds is 4. The van der Waals surface area contributed by atoms with Crippen molar-refractivity contribution in [2.24, 2.45) is 5.92 Å². The lowest BCUT2D eigenvalue weighted by molar-refractivity contribution is -0.129. The molecule has 2 aliphatic rings. The van der Waals surface area contributed by atoms with E-state index in [1.165, 1.54) is 12.8 Å². The fourth-order valence-electron chi connectivity index (χ4n) is 4.16. The summed E-state index contributed by atoms with van der Waals surface area (Å²) in [6.07, 6.45) is 4.85. The smallest absolute Gasteiger partial charge is 0.229 e. The SMILES string of the molecule is CN(C)c1ccc2cc(NC(=O)C3CC(=O)N(C4CCCC4)C3)ccc2n1. The summed E-state index contributed by atoms with van der Waals surface area (Å²) in [5.41, 5.74) is 1.64. The lowest BCUT2D eigenvalue weighted by Crippen LogP contribution is -2.35. The second kappa shape index (κ2) is 7.18. The maximum atomic E-state index is 12.7. The van der Waals surface area contributed by atoms with Gasteiger partial charge in [-0.2, -0.15) is 0 Å². The number of pyridine rings is 1. The van der Waals surface area contributed by atoms with E-state index in [2.05, 4.69) is 10.3 Å². The van der Waals surface area contributed by atoms with Gasteiger partial charge in [0.05, 0.1) is 11.4 Å². The molecule has 0 spiro atoms. The van der Waals surface area contributed by atoms with Crippen LogP contribution < -0.4 is 10.2 Å². The molecule has 2 amide bonds. The first-order valence-corrected chi connectivity index (χ1v) is 9.70. The predicted octanol–water partition coefficient (Wildman–Crippen LogP) is 3.03. The van der Waals surface area contributed by atoms with Gasteiger partial charge in [-0.1, -0.05) is 12.8 Å². The van der Waals surface area contributed by atoms with Crippen molar-refractivity contribution in [2.45, 2.75) is 38.1 Å². The Morgan fingerprint density at radius 3 is 2.70 bits per heavy atom. The van der Waals surface area contributed by atoms with Crippen LogP contribution in [0.1, 0.15) is 32.1 Å². The number of carbonyl (C=O) groups is 2. The number of nitrogens with one attached hydrogen (secondary N) is 1. The molecule has 6 nitrogen and oxygen atoms in total. The molecule has 6 heteroatoms. The number of anilines is 2. The van der Waals surface area contributed by atoms with Crippen LogP contribution in [0.4, 0.5) is 11.5 Å². The highest BCUT2D eigenvalue weighted by Crippen LogP contribution is 2.30. The van der Waals surface area contributed by atoms with Crippen LogP contribution in [0.15, 0.2) is 30.3 Å². The normalized spacial score (nSPS) is 20.4. The van der Waals surface area contributed by atoms with Gasteiger partial charge in [0.2, 0.25) is 11.8 Å². The number of likely N-dealkylation sites (tertiary alicyclic amines) is 1. The second-order valence-corrected chi connectivity index (χ2v) is 7.85. The summed E-state index contributed by atoms with van der Waals surface area (Å²) in [5.74, 6) is 0.695. The zero-order valence-electron chi connectivity index (χ0n) is 15.9. The van der Waals surface area contributed by atoms with Gasteiger partial charge in [0, 0.05) is 44.2 Å². The Kier molecular flexibility index (Phi) is 4.72. The van der Waals surface area contributed by atoms with E-state index in [0.29, 0.717) is 19.0 Å². The minimum absolute atomic E-state index is 0.0685. The molecule has 1 aliphatic heterocycles. The summed E-state index contributed by atoms with van der Waals surface area (Å²) in [4.78, 5) is 33.5. The Labute approximate surface area is 159 Å². The first kappa shape index (κ1) is 17.8. The summed E-state index contributed by atoms with van der Waals surface area (Å²) in [6, 6.07) is 10.0. The van der Waals surface area contributed by atoms with Crippen molar-refractivity contribution in [3.63, 3.8) is 0 Å². The number of aromatic nitrogens is 1. The predicted molar refractivity (Wildman–Crippen MR) is 107 cm³/mol. The molecular weight excluding hydrogens is 340 g/mol. The Balaban J connectivity index is 1.44. The van der Waals surface area contributed by atoms with Crippen molar-refractivity contribution in [3.05, 3.63) is 30.3 Å². The standard InChI is InChI=1S/C21H26N4O2/c1-24(2)19-10-7-14-11-16(8-9-18(14)23-19)22-21(27)15-12-20(26)25(13-15)17-5-3-4-6-17/h7-11,15,17H,3-6,12-13H2,1-2H3,(H,22,27). The van der Waals surface area contributed by atoms with Crippen LogP contribution in [0.2, 0.25) is 0 Å². The van der Waals surface area contributed by atoms with Gasteiger partial charge in [0.15, 0.2) is 0 Å². The van der Waals surface area contributed by atoms with Gasteiger partial charge in [-0.05, 0) is 43.2 Å². The molecule has 2 fully saturated rings. The zero-order chi connectivity index (χ0) is 19.0. The zero-order valence-corrected chi connectivity index (χ0v) is 15.9. The van der Waals surface area contributed by atoms with E-state index in [0.717, 1.165) is 35.2 Å². The fourth-order valence-corrected chi connectivity index (χ4v) is 4.16. The Morgan fingerprint density at radius 1 is 1.19 bits per heavy atom. The van der Waals surface area contributed by atoms with Crippen molar-refractivity contribution in [2.75, 3.05) is 30.9 Å². The monoisotopic (exact) mass is 366 g/mol. The molecule has 0 bridgehead atoms. The second-order valence-electron chi connectivity index (χ2n) is 7.85. The van der Waals surface area contributed by atoms with Crippen LogP contribution in [0.25, 0.3) is 10.9 Å². The summed E-state index contributed by atoms with van der Waals surface area (Å²) in [5, 5.41) is 3.97. The molecule has 0 radical (unpaired) electrons. The van der Waals surface area contributed by atoms with Gasteiger partial charge in [-0.25, -0.2) is 4.98 Å². The summed E-state index contributed by atoms with van der Waals surface area (Å²) in [6.45, 7) is 0.552. The molecule has 1 saturated heterocycles. The van der Waals surface area contributed by atoms with Crippen molar-refractivity contribution in [1.29, 1.82) is 0 Å². The maximum absolute atomic E-state index is 12.7. The number of nitrogens with zero attached hydrogens (tertiary/aromatic N) is 3. The minimum Gasteiger partial charge on any atom is -0.363 e. The van der Waals surface area contributed by atoms with Gasteiger partial charge in [-0.15, -0.1) is 0 Å². The van der Waals surface area contributed by atoms with Crippen LogP contribution in [0.5, 0.6) is 0 Å². The van der Waals surface area contributed by atoms with E-state index in [1.807, 2.05) is 54.2 Å². The lowest BCUT2D eigenvalue weighted by atomic mass is 10.1. The third-order valence-electron chi connectivity index (χ3n) is 5.69. The molecule has 1 aromatic heterocycles. The van der Waals surface area contributed by atoms with Crippen LogP contribution in [-0.4, -0.2) is 48.4 Å². The number of amides is 2. The molecule has 27 heavy (non-hydrogen) atoms. The highest BCUT2D eigenvalue weighted by molar-refractivity contribution is 5.98. The largest absolute Gasteiger partial charge is 0.363 e. The minimum atomic E-state index is -0.261. The van der Waals surface area contributed by atoms with Crippen molar-refractivity contribution >= 4 is 34.2 Å². The molecule has 2 heterocycles. The Morgan fingerprint density at radius 2 is 1.96 bits per heavy atom. The molecule has 142 valence electrons. The topological polar surface area (TPSA) is 65.5 Å². The quantitative estimate of drug-likeness (QED) is 0.903. The van der Waals surface area contributed by atoms with Crippen LogP contribution in [0, 0.1) is 5.92 Å². The van der Waals surface area contributed by atoms with E-state index < -0.39 is 0 Å². The number of hydrogen-bond donors (Lipinski definition) is 1. The third kappa shape index (κ3) is 3.61. The molecule has 1 unspecified atom stereocenters. The molecule has 4 rings (SSSR count). The number of hydrogen-bond acceptors (Lipinski definition) is 4. The molecule has 2 aromatic rings. The summed E-state index contributed by atoms with van der Waals surface area (Å²) >= 11 is 0. The van der Waals surface area contributed by atoms with Crippen molar-refractivity contribution in [1.82, 2.24) is 9.88 Å². The first-order chi connectivity index (χ1) is 13.0. The van der Waals surface area contributed by atoms with Crippen LogP contribution in [-0.2, 0) is 9.59 Å². The lowest BCUT2D eigenvalue weighted by Gasteiger charge is -2.23. The average Bonchev–Trinajstić information content (AvgIpc) is 3.30.